The molecule has 0 aromatic carbocycles. The fraction of sp³-hybridized carbons (Fsp3) is 0.733. The fourth-order valence-corrected chi connectivity index (χ4v) is 3.51. The number of nitrogens with zero attached hydrogens (tertiary/aromatic N) is 3. The van der Waals surface area contributed by atoms with Crippen molar-refractivity contribution in [1.82, 2.24) is 14.7 Å². The van der Waals surface area contributed by atoms with Gasteiger partial charge in [-0.2, -0.15) is 5.10 Å². The van der Waals surface area contributed by atoms with E-state index in [9.17, 15) is 13.6 Å². The van der Waals surface area contributed by atoms with Crippen LogP contribution in [0.4, 0.5) is 8.78 Å². The number of rotatable bonds is 3. The van der Waals surface area contributed by atoms with Crippen LogP contribution in [-0.2, 0) is 16.5 Å². The van der Waals surface area contributed by atoms with Gasteiger partial charge in [-0.1, -0.05) is 0 Å². The normalized spacial score (nSPS) is 28.0. The van der Waals surface area contributed by atoms with Crippen molar-refractivity contribution in [1.29, 1.82) is 0 Å². The maximum Gasteiger partial charge on any atom is 0.282 e. The van der Waals surface area contributed by atoms with Crippen LogP contribution in [0.2, 0.25) is 0 Å². The summed E-state index contributed by atoms with van der Waals surface area (Å²) in [6, 6.07) is 0. The zero-order chi connectivity index (χ0) is 16.6. The molecule has 2 atom stereocenters. The van der Waals surface area contributed by atoms with Gasteiger partial charge < -0.3 is 14.4 Å². The van der Waals surface area contributed by atoms with Crippen molar-refractivity contribution in [2.24, 2.45) is 7.05 Å². The number of aromatic nitrogens is 2. The maximum atomic E-state index is 13.1. The number of amides is 1. The van der Waals surface area contributed by atoms with Crippen LogP contribution in [0.15, 0.2) is 6.20 Å². The first kappa shape index (κ1) is 16.3. The van der Waals surface area contributed by atoms with E-state index in [-0.39, 0.29) is 11.7 Å². The summed E-state index contributed by atoms with van der Waals surface area (Å²) in [6.07, 6.45) is 0.980. The second-order valence-electron chi connectivity index (χ2n) is 6.29. The highest BCUT2D eigenvalue weighted by molar-refractivity contribution is 5.95. The molecule has 0 aliphatic carbocycles. The van der Waals surface area contributed by atoms with Crippen LogP contribution < -0.4 is 0 Å². The van der Waals surface area contributed by atoms with Crippen LogP contribution in [0.5, 0.6) is 0 Å². The summed E-state index contributed by atoms with van der Waals surface area (Å²) in [5.41, 5.74) is -0.901. The molecule has 1 amide bonds. The number of hydrogen-bond acceptors (Lipinski definition) is 4. The number of halogens is 2. The lowest BCUT2D eigenvalue weighted by Crippen LogP contribution is -2.50. The molecule has 2 saturated heterocycles. The van der Waals surface area contributed by atoms with Gasteiger partial charge in [0.15, 0.2) is 0 Å². The van der Waals surface area contributed by atoms with Crippen molar-refractivity contribution in [3.8, 4) is 0 Å². The number of likely N-dealkylation sites (tertiary alicyclic amines) is 1. The maximum absolute atomic E-state index is 13.1. The van der Waals surface area contributed by atoms with Gasteiger partial charge in [0.05, 0.1) is 30.4 Å². The summed E-state index contributed by atoms with van der Waals surface area (Å²) in [6.45, 7) is 1.45. The molecule has 0 saturated carbocycles. The van der Waals surface area contributed by atoms with E-state index in [1.54, 1.807) is 12.0 Å². The highest BCUT2D eigenvalue weighted by Gasteiger charge is 2.45. The number of carbonyl (C=O) groups is 1. The third kappa shape index (κ3) is 3.10. The number of hydrogen-bond donors (Lipinski definition) is 0. The molecule has 0 bridgehead atoms. The van der Waals surface area contributed by atoms with E-state index in [2.05, 4.69) is 5.10 Å². The van der Waals surface area contributed by atoms with Crippen molar-refractivity contribution < 1.29 is 23.0 Å². The number of alkyl halides is 2. The second kappa shape index (κ2) is 6.16. The van der Waals surface area contributed by atoms with Crippen molar-refractivity contribution in [2.45, 2.75) is 37.4 Å². The van der Waals surface area contributed by atoms with E-state index < -0.39 is 23.6 Å². The van der Waals surface area contributed by atoms with Crippen molar-refractivity contribution in [2.75, 3.05) is 26.8 Å². The summed E-state index contributed by atoms with van der Waals surface area (Å²) in [4.78, 5) is 14.3. The molecule has 0 N–H and O–H groups in total. The summed E-state index contributed by atoms with van der Waals surface area (Å²) in [7, 11) is 3.17. The summed E-state index contributed by atoms with van der Waals surface area (Å²) >= 11 is 0. The summed E-state index contributed by atoms with van der Waals surface area (Å²) < 4.78 is 38.6. The summed E-state index contributed by atoms with van der Waals surface area (Å²) in [5, 5.41) is 3.71. The van der Waals surface area contributed by atoms with Crippen LogP contribution in [0.25, 0.3) is 0 Å². The minimum absolute atomic E-state index is 0.0270. The van der Waals surface area contributed by atoms with E-state index >= 15 is 0 Å². The highest BCUT2D eigenvalue weighted by atomic mass is 19.3. The van der Waals surface area contributed by atoms with E-state index in [4.69, 9.17) is 9.47 Å². The third-order valence-electron chi connectivity index (χ3n) is 4.63. The van der Waals surface area contributed by atoms with E-state index in [0.717, 1.165) is 19.3 Å². The number of ether oxygens (including phenoxy) is 2. The van der Waals surface area contributed by atoms with Crippen molar-refractivity contribution in [3.05, 3.63) is 17.5 Å². The molecule has 3 rings (SSSR count). The van der Waals surface area contributed by atoms with Crippen LogP contribution in [-0.4, -0.2) is 59.1 Å². The molecule has 1 spiro atoms. The van der Waals surface area contributed by atoms with E-state index in [1.165, 1.54) is 17.9 Å². The molecule has 2 aliphatic heterocycles. The molecular weight excluding hydrogens is 308 g/mol. The average Bonchev–Trinajstić information content (AvgIpc) is 3.10. The standard InChI is InChI=1S/C15H21F2N3O3/c1-19-7-11(12(18-19)13(16)17)14(21)20-5-3-4-15(9-20)6-10(22-2)8-23-15/h7,10,13H,3-6,8-9H2,1-2H3/t10-,15+/m0/s1. The summed E-state index contributed by atoms with van der Waals surface area (Å²) in [5.74, 6) is -0.406. The van der Waals surface area contributed by atoms with Gasteiger partial charge in [-0.25, -0.2) is 8.78 Å². The largest absolute Gasteiger partial charge is 0.379 e. The Bertz CT molecular complexity index is 593. The fourth-order valence-electron chi connectivity index (χ4n) is 3.51. The topological polar surface area (TPSA) is 56.6 Å². The molecular formula is C15H21F2N3O3. The number of aryl methyl sites for hydroxylation is 1. The number of carbonyl (C=O) groups excluding carboxylic acids is 1. The first-order valence-electron chi connectivity index (χ1n) is 7.72. The van der Waals surface area contributed by atoms with E-state index in [0.29, 0.717) is 19.7 Å². The Morgan fingerprint density at radius 1 is 1.57 bits per heavy atom. The first-order chi connectivity index (χ1) is 10.9. The Hall–Kier alpha value is -1.54. The zero-order valence-electron chi connectivity index (χ0n) is 13.3. The van der Waals surface area contributed by atoms with Gasteiger partial charge in [0.2, 0.25) is 0 Å². The first-order valence-corrected chi connectivity index (χ1v) is 7.72. The lowest BCUT2D eigenvalue weighted by atomic mass is 9.89. The Morgan fingerprint density at radius 3 is 3.00 bits per heavy atom. The van der Waals surface area contributed by atoms with Gasteiger partial charge in [-0.05, 0) is 12.8 Å². The molecule has 0 radical (unpaired) electrons. The van der Waals surface area contributed by atoms with Crippen LogP contribution >= 0.6 is 0 Å². The highest BCUT2D eigenvalue weighted by Crippen LogP contribution is 2.36. The van der Waals surface area contributed by atoms with Gasteiger partial charge in [-0.15, -0.1) is 0 Å². The molecule has 3 heterocycles. The van der Waals surface area contributed by atoms with Gasteiger partial charge in [0, 0.05) is 33.3 Å². The SMILES string of the molecule is CO[C@@H]1CO[C@]2(CCCN(C(=O)c3cn(C)nc3C(F)F)C2)C1. The average molecular weight is 329 g/mol. The minimum atomic E-state index is -2.77. The predicted molar refractivity (Wildman–Crippen MR) is 77.4 cm³/mol. The molecule has 1 aromatic heterocycles. The van der Waals surface area contributed by atoms with Crippen molar-refractivity contribution >= 4 is 5.91 Å². The third-order valence-corrected chi connectivity index (χ3v) is 4.63. The monoisotopic (exact) mass is 329 g/mol. The minimum Gasteiger partial charge on any atom is -0.379 e. The number of methoxy groups -OCH3 is 1. The molecule has 2 aliphatic rings. The Balaban J connectivity index is 1.78. The van der Waals surface area contributed by atoms with Gasteiger partial charge in [0.1, 0.15) is 5.69 Å². The molecule has 0 unspecified atom stereocenters. The van der Waals surface area contributed by atoms with Crippen LogP contribution in [0.1, 0.15) is 41.7 Å². The molecule has 128 valence electrons. The van der Waals surface area contributed by atoms with Gasteiger partial charge in [0.25, 0.3) is 12.3 Å². The quantitative estimate of drug-likeness (QED) is 0.848. The molecule has 23 heavy (non-hydrogen) atoms. The zero-order valence-corrected chi connectivity index (χ0v) is 13.3. The van der Waals surface area contributed by atoms with Crippen LogP contribution in [0.3, 0.4) is 0 Å². The Morgan fingerprint density at radius 2 is 2.35 bits per heavy atom. The van der Waals surface area contributed by atoms with Crippen molar-refractivity contribution in [3.63, 3.8) is 0 Å². The second-order valence-corrected chi connectivity index (χ2v) is 6.29. The Labute approximate surface area is 133 Å². The van der Waals surface area contributed by atoms with E-state index in [1.807, 2.05) is 0 Å². The van der Waals surface area contributed by atoms with Crippen LogP contribution in [0, 0.1) is 0 Å². The molecule has 2 fully saturated rings. The predicted octanol–water partition coefficient (Wildman–Crippen LogP) is 1.77. The number of piperidine rings is 1. The van der Waals surface area contributed by atoms with Gasteiger partial charge in [-0.3, -0.25) is 9.48 Å². The molecule has 6 nitrogen and oxygen atoms in total. The Kier molecular flexibility index (Phi) is 4.37. The molecule has 8 heteroatoms. The lowest BCUT2D eigenvalue weighted by Gasteiger charge is -2.39. The smallest absolute Gasteiger partial charge is 0.282 e. The molecule has 1 aromatic rings. The van der Waals surface area contributed by atoms with Gasteiger partial charge >= 0.3 is 0 Å². The lowest BCUT2D eigenvalue weighted by molar-refractivity contribution is -0.0459.